The first-order chi connectivity index (χ1) is 12.1. The molecule has 1 N–H and O–H groups in total. The molecule has 1 aromatic carbocycles. The number of hydrogen-bond donors (Lipinski definition) is 1. The number of halogens is 2. The smallest absolute Gasteiger partial charge is 0.254 e. The molecular weight excluding hydrogens is 332 g/mol. The highest BCUT2D eigenvalue weighted by Crippen LogP contribution is 2.25. The SMILES string of the molecule is O=C(CN1CCOCC1)N/N=C\c1ccc(-c2ccc(F)cc2F)o1. The summed E-state index contributed by atoms with van der Waals surface area (Å²) in [5, 5.41) is 3.82. The van der Waals surface area contributed by atoms with Gasteiger partial charge in [0.25, 0.3) is 5.91 Å². The Hall–Kier alpha value is -2.58. The van der Waals surface area contributed by atoms with Crippen molar-refractivity contribution in [3.8, 4) is 11.3 Å². The lowest BCUT2D eigenvalue weighted by Gasteiger charge is -2.25. The molecule has 1 fully saturated rings. The molecule has 1 aromatic heterocycles. The zero-order chi connectivity index (χ0) is 17.6. The lowest BCUT2D eigenvalue weighted by molar-refractivity contribution is -0.123. The van der Waals surface area contributed by atoms with Crippen LogP contribution in [0.5, 0.6) is 0 Å². The summed E-state index contributed by atoms with van der Waals surface area (Å²) in [5.74, 6) is -1.02. The van der Waals surface area contributed by atoms with E-state index in [1.165, 1.54) is 12.3 Å². The van der Waals surface area contributed by atoms with Crippen LogP contribution in [0.1, 0.15) is 5.76 Å². The van der Waals surface area contributed by atoms with Gasteiger partial charge in [0, 0.05) is 19.2 Å². The van der Waals surface area contributed by atoms with Gasteiger partial charge in [-0.05, 0) is 24.3 Å². The lowest BCUT2D eigenvalue weighted by Crippen LogP contribution is -2.42. The van der Waals surface area contributed by atoms with Crippen molar-refractivity contribution in [3.63, 3.8) is 0 Å². The van der Waals surface area contributed by atoms with Crippen LogP contribution in [0.3, 0.4) is 0 Å². The van der Waals surface area contributed by atoms with Gasteiger partial charge in [0.2, 0.25) is 0 Å². The van der Waals surface area contributed by atoms with Crippen LogP contribution in [0.15, 0.2) is 39.9 Å². The minimum atomic E-state index is -0.711. The van der Waals surface area contributed by atoms with Gasteiger partial charge in [0.15, 0.2) is 0 Å². The zero-order valence-corrected chi connectivity index (χ0v) is 13.4. The average molecular weight is 349 g/mol. The molecule has 1 aliphatic rings. The molecule has 0 bridgehead atoms. The second kappa shape index (κ2) is 8.00. The van der Waals surface area contributed by atoms with Crippen LogP contribution in [0.2, 0.25) is 0 Å². The Bertz CT molecular complexity index is 770. The van der Waals surface area contributed by atoms with Crippen LogP contribution in [0.25, 0.3) is 11.3 Å². The Labute approximate surface area is 143 Å². The molecule has 8 heteroatoms. The van der Waals surface area contributed by atoms with Gasteiger partial charge in [-0.3, -0.25) is 9.69 Å². The molecular formula is C17H17F2N3O3. The molecule has 2 heterocycles. The number of carbonyl (C=O) groups is 1. The van der Waals surface area contributed by atoms with Crippen molar-refractivity contribution < 1.29 is 22.7 Å². The quantitative estimate of drug-likeness (QED) is 0.662. The van der Waals surface area contributed by atoms with E-state index in [1.54, 1.807) is 12.1 Å². The fraction of sp³-hybridized carbons (Fsp3) is 0.294. The Morgan fingerprint density at radius 3 is 2.80 bits per heavy atom. The monoisotopic (exact) mass is 349 g/mol. The van der Waals surface area contributed by atoms with E-state index in [4.69, 9.17) is 9.15 Å². The normalized spacial score (nSPS) is 15.6. The number of carbonyl (C=O) groups excluding carboxylic acids is 1. The van der Waals surface area contributed by atoms with Gasteiger partial charge in [-0.15, -0.1) is 0 Å². The van der Waals surface area contributed by atoms with E-state index in [9.17, 15) is 13.6 Å². The summed E-state index contributed by atoms with van der Waals surface area (Å²) in [6, 6.07) is 6.37. The average Bonchev–Trinajstić information content (AvgIpc) is 3.04. The van der Waals surface area contributed by atoms with Gasteiger partial charge in [0.05, 0.1) is 31.5 Å². The molecule has 0 saturated carbocycles. The molecule has 0 unspecified atom stereocenters. The minimum absolute atomic E-state index is 0.150. The fourth-order valence-corrected chi connectivity index (χ4v) is 2.42. The number of furan rings is 1. The van der Waals surface area contributed by atoms with E-state index < -0.39 is 11.6 Å². The van der Waals surface area contributed by atoms with Crippen LogP contribution in [0.4, 0.5) is 8.78 Å². The van der Waals surface area contributed by atoms with Crippen LogP contribution in [-0.4, -0.2) is 49.9 Å². The number of hydrazone groups is 1. The minimum Gasteiger partial charge on any atom is -0.455 e. The van der Waals surface area contributed by atoms with E-state index in [0.717, 1.165) is 12.1 Å². The Morgan fingerprint density at radius 1 is 1.24 bits per heavy atom. The number of nitrogens with one attached hydrogen (secondary N) is 1. The number of nitrogens with zero attached hydrogens (tertiary/aromatic N) is 2. The third-order valence-corrected chi connectivity index (χ3v) is 3.68. The van der Waals surface area contributed by atoms with Crippen molar-refractivity contribution in [2.45, 2.75) is 0 Å². The van der Waals surface area contributed by atoms with Crippen molar-refractivity contribution in [3.05, 3.63) is 47.7 Å². The molecule has 0 aliphatic carbocycles. The van der Waals surface area contributed by atoms with E-state index >= 15 is 0 Å². The second-order valence-electron chi connectivity index (χ2n) is 5.51. The number of amides is 1. The van der Waals surface area contributed by atoms with Crippen molar-refractivity contribution in [1.29, 1.82) is 0 Å². The Kier molecular flexibility index (Phi) is 5.52. The van der Waals surface area contributed by atoms with Crippen molar-refractivity contribution in [2.75, 3.05) is 32.8 Å². The number of benzene rings is 1. The highest BCUT2D eigenvalue weighted by molar-refractivity contribution is 5.82. The predicted octanol–water partition coefficient (Wildman–Crippen LogP) is 2.01. The van der Waals surface area contributed by atoms with Crippen molar-refractivity contribution >= 4 is 12.1 Å². The zero-order valence-electron chi connectivity index (χ0n) is 13.4. The summed E-state index contributed by atoms with van der Waals surface area (Å²) in [7, 11) is 0. The third-order valence-electron chi connectivity index (χ3n) is 3.68. The van der Waals surface area contributed by atoms with Crippen LogP contribution in [-0.2, 0) is 9.53 Å². The summed E-state index contributed by atoms with van der Waals surface area (Å²) < 4.78 is 37.3. The summed E-state index contributed by atoms with van der Waals surface area (Å²) >= 11 is 0. The Balaban J connectivity index is 1.55. The van der Waals surface area contributed by atoms with Crippen LogP contribution < -0.4 is 5.43 Å². The first-order valence-corrected chi connectivity index (χ1v) is 7.79. The first-order valence-electron chi connectivity index (χ1n) is 7.79. The maximum Gasteiger partial charge on any atom is 0.254 e. The van der Waals surface area contributed by atoms with Gasteiger partial charge in [0.1, 0.15) is 23.2 Å². The number of hydrogen-bond acceptors (Lipinski definition) is 5. The fourth-order valence-electron chi connectivity index (χ4n) is 2.42. The Morgan fingerprint density at radius 2 is 2.04 bits per heavy atom. The second-order valence-corrected chi connectivity index (χ2v) is 5.51. The summed E-state index contributed by atoms with van der Waals surface area (Å²) in [6.07, 6.45) is 1.32. The molecule has 1 saturated heterocycles. The molecule has 3 rings (SSSR count). The summed E-state index contributed by atoms with van der Waals surface area (Å²) in [4.78, 5) is 13.8. The number of morpholine rings is 1. The van der Waals surface area contributed by atoms with Gasteiger partial charge in [-0.2, -0.15) is 5.10 Å². The summed E-state index contributed by atoms with van der Waals surface area (Å²) in [5.41, 5.74) is 2.56. The molecule has 0 spiro atoms. The highest BCUT2D eigenvalue weighted by Gasteiger charge is 2.13. The van der Waals surface area contributed by atoms with E-state index in [1.807, 2.05) is 4.90 Å². The van der Waals surface area contributed by atoms with Crippen LogP contribution in [0, 0.1) is 11.6 Å². The number of ether oxygens (including phenoxy) is 1. The highest BCUT2D eigenvalue weighted by atomic mass is 19.1. The maximum atomic E-state index is 13.7. The molecule has 0 atom stereocenters. The van der Waals surface area contributed by atoms with Gasteiger partial charge < -0.3 is 9.15 Å². The van der Waals surface area contributed by atoms with Crippen molar-refractivity contribution in [2.24, 2.45) is 5.10 Å². The first kappa shape index (κ1) is 17.2. The topological polar surface area (TPSA) is 67.1 Å². The molecule has 6 nitrogen and oxygen atoms in total. The van der Waals surface area contributed by atoms with Gasteiger partial charge in [-0.25, -0.2) is 14.2 Å². The molecule has 0 radical (unpaired) electrons. The molecule has 1 amide bonds. The molecule has 1 aliphatic heterocycles. The molecule has 132 valence electrons. The summed E-state index contributed by atoms with van der Waals surface area (Å²) in [6.45, 7) is 2.89. The van der Waals surface area contributed by atoms with Gasteiger partial charge >= 0.3 is 0 Å². The third kappa shape index (κ3) is 4.71. The van der Waals surface area contributed by atoms with Crippen LogP contribution >= 0.6 is 0 Å². The number of rotatable bonds is 5. The standard InChI is InChI=1S/C17H17F2N3O3/c18-12-1-3-14(15(19)9-12)16-4-2-13(25-16)10-20-21-17(23)11-22-5-7-24-8-6-22/h1-4,9-10H,5-8,11H2,(H,21,23)/b20-10-. The lowest BCUT2D eigenvalue weighted by atomic mass is 10.1. The predicted molar refractivity (Wildman–Crippen MR) is 87.1 cm³/mol. The van der Waals surface area contributed by atoms with Crippen molar-refractivity contribution in [1.82, 2.24) is 10.3 Å². The van der Waals surface area contributed by atoms with Gasteiger partial charge in [-0.1, -0.05) is 0 Å². The van der Waals surface area contributed by atoms with E-state index in [0.29, 0.717) is 32.1 Å². The molecule has 2 aromatic rings. The largest absolute Gasteiger partial charge is 0.455 e. The van der Waals surface area contributed by atoms with E-state index in [-0.39, 0.29) is 23.8 Å². The van der Waals surface area contributed by atoms with E-state index in [2.05, 4.69) is 10.5 Å². The maximum absolute atomic E-state index is 13.7. The molecule has 25 heavy (non-hydrogen) atoms.